The largest absolute Gasteiger partial charge is 0.423 e. The number of piperidine rings is 1. The van der Waals surface area contributed by atoms with Gasteiger partial charge in [0.2, 0.25) is 11.8 Å². The van der Waals surface area contributed by atoms with Crippen LogP contribution in [0.5, 0.6) is 0 Å². The molecule has 0 saturated carbocycles. The van der Waals surface area contributed by atoms with Crippen LogP contribution in [0.4, 0.5) is 4.39 Å². The Kier molecular flexibility index (Phi) is 3.56. The zero-order valence-electron chi connectivity index (χ0n) is 10.3. The molecule has 2 fully saturated rings. The first-order chi connectivity index (χ1) is 8.81. The van der Waals surface area contributed by atoms with Crippen LogP contribution in [0, 0.1) is 0 Å². The Morgan fingerprint density at radius 1 is 1.33 bits per heavy atom. The van der Waals surface area contributed by atoms with E-state index in [2.05, 4.69) is 10.2 Å². The van der Waals surface area contributed by atoms with Gasteiger partial charge in [-0.05, 0) is 25.8 Å². The SMILES string of the molecule is FC1CCCN(Cc2nnc(C3CCOC3)o2)C1. The highest BCUT2D eigenvalue weighted by atomic mass is 19.1. The van der Waals surface area contributed by atoms with Crippen LogP contribution in [0.25, 0.3) is 0 Å². The molecule has 0 amide bonds. The molecule has 3 rings (SSSR count). The van der Waals surface area contributed by atoms with Crippen molar-refractivity contribution in [1.29, 1.82) is 0 Å². The quantitative estimate of drug-likeness (QED) is 0.819. The Morgan fingerprint density at radius 3 is 3.06 bits per heavy atom. The zero-order chi connectivity index (χ0) is 12.4. The molecule has 18 heavy (non-hydrogen) atoms. The molecule has 2 aliphatic rings. The van der Waals surface area contributed by atoms with Crippen molar-refractivity contribution in [3.05, 3.63) is 11.8 Å². The van der Waals surface area contributed by atoms with E-state index in [0.29, 0.717) is 37.9 Å². The first-order valence-electron chi connectivity index (χ1n) is 6.57. The molecule has 100 valence electrons. The van der Waals surface area contributed by atoms with E-state index in [4.69, 9.17) is 9.15 Å². The van der Waals surface area contributed by atoms with Gasteiger partial charge in [-0.3, -0.25) is 4.90 Å². The Morgan fingerprint density at radius 2 is 2.28 bits per heavy atom. The number of aromatic nitrogens is 2. The summed E-state index contributed by atoms with van der Waals surface area (Å²) in [4.78, 5) is 2.04. The van der Waals surface area contributed by atoms with E-state index in [9.17, 15) is 4.39 Å². The highest BCUT2D eigenvalue weighted by Crippen LogP contribution is 2.24. The van der Waals surface area contributed by atoms with Gasteiger partial charge in [-0.15, -0.1) is 10.2 Å². The number of likely N-dealkylation sites (tertiary alicyclic amines) is 1. The molecule has 3 heterocycles. The summed E-state index contributed by atoms with van der Waals surface area (Å²) in [5.41, 5.74) is 0. The first-order valence-corrected chi connectivity index (χ1v) is 6.57. The van der Waals surface area contributed by atoms with Gasteiger partial charge in [0.15, 0.2) is 0 Å². The molecule has 2 atom stereocenters. The summed E-state index contributed by atoms with van der Waals surface area (Å²) >= 11 is 0. The van der Waals surface area contributed by atoms with Gasteiger partial charge in [-0.25, -0.2) is 4.39 Å². The maximum atomic E-state index is 13.3. The van der Waals surface area contributed by atoms with E-state index < -0.39 is 6.17 Å². The van der Waals surface area contributed by atoms with Gasteiger partial charge in [-0.1, -0.05) is 0 Å². The standard InChI is InChI=1S/C12H18FN3O2/c13-10-2-1-4-16(6-10)7-11-14-15-12(18-11)9-3-5-17-8-9/h9-10H,1-8H2. The van der Waals surface area contributed by atoms with Gasteiger partial charge in [-0.2, -0.15) is 0 Å². The number of halogens is 1. The molecule has 0 radical (unpaired) electrons. The summed E-state index contributed by atoms with van der Waals surface area (Å²) in [5, 5.41) is 8.11. The zero-order valence-corrected chi connectivity index (χ0v) is 10.3. The highest BCUT2D eigenvalue weighted by Gasteiger charge is 2.25. The third-order valence-electron chi connectivity index (χ3n) is 3.57. The number of nitrogens with zero attached hydrogens (tertiary/aromatic N) is 3. The second-order valence-corrected chi connectivity index (χ2v) is 5.07. The van der Waals surface area contributed by atoms with Crippen LogP contribution in [-0.2, 0) is 11.3 Å². The second-order valence-electron chi connectivity index (χ2n) is 5.07. The fraction of sp³-hybridized carbons (Fsp3) is 0.833. The lowest BCUT2D eigenvalue weighted by atomic mass is 10.1. The molecule has 0 bridgehead atoms. The number of hydrogen-bond acceptors (Lipinski definition) is 5. The first kappa shape index (κ1) is 12.0. The predicted octanol–water partition coefficient (Wildman–Crippen LogP) is 1.51. The fourth-order valence-electron chi connectivity index (χ4n) is 2.56. The normalized spacial score (nSPS) is 29.8. The summed E-state index contributed by atoms with van der Waals surface area (Å²) in [7, 11) is 0. The van der Waals surface area contributed by atoms with Crippen LogP contribution in [0.2, 0.25) is 0 Å². The van der Waals surface area contributed by atoms with Gasteiger partial charge < -0.3 is 9.15 Å². The monoisotopic (exact) mass is 255 g/mol. The second kappa shape index (κ2) is 5.32. The highest BCUT2D eigenvalue weighted by molar-refractivity contribution is 4.94. The number of alkyl halides is 1. The van der Waals surface area contributed by atoms with Crippen LogP contribution < -0.4 is 0 Å². The minimum Gasteiger partial charge on any atom is -0.423 e. The van der Waals surface area contributed by atoms with Gasteiger partial charge in [0.25, 0.3) is 0 Å². The molecule has 0 aliphatic carbocycles. The van der Waals surface area contributed by atoms with E-state index in [1.54, 1.807) is 0 Å². The minimum atomic E-state index is -0.718. The number of hydrogen-bond donors (Lipinski definition) is 0. The third kappa shape index (κ3) is 2.70. The van der Waals surface area contributed by atoms with Crippen LogP contribution in [0.15, 0.2) is 4.42 Å². The lowest BCUT2D eigenvalue weighted by Crippen LogP contribution is -2.35. The molecular formula is C12H18FN3O2. The van der Waals surface area contributed by atoms with Crippen molar-refractivity contribution in [2.75, 3.05) is 26.3 Å². The molecule has 2 aliphatic heterocycles. The Labute approximate surface area is 105 Å². The molecule has 0 N–H and O–H groups in total. The summed E-state index contributed by atoms with van der Waals surface area (Å²) in [6, 6.07) is 0. The van der Waals surface area contributed by atoms with Gasteiger partial charge in [0.05, 0.1) is 19.1 Å². The average Bonchev–Trinajstić information content (AvgIpc) is 2.98. The summed E-state index contributed by atoms with van der Waals surface area (Å²) in [6.45, 7) is 3.37. The van der Waals surface area contributed by atoms with Crippen LogP contribution >= 0.6 is 0 Å². The van der Waals surface area contributed by atoms with Gasteiger partial charge in [0, 0.05) is 13.2 Å². The van der Waals surface area contributed by atoms with Gasteiger partial charge in [0.1, 0.15) is 6.17 Å². The molecule has 6 heteroatoms. The van der Waals surface area contributed by atoms with Gasteiger partial charge >= 0.3 is 0 Å². The molecule has 2 saturated heterocycles. The lowest BCUT2D eigenvalue weighted by molar-refractivity contribution is 0.123. The van der Waals surface area contributed by atoms with Crippen molar-refractivity contribution in [2.45, 2.75) is 37.9 Å². The minimum absolute atomic E-state index is 0.238. The van der Waals surface area contributed by atoms with Crippen LogP contribution in [0.1, 0.15) is 37.0 Å². The van der Waals surface area contributed by atoms with Crippen molar-refractivity contribution in [1.82, 2.24) is 15.1 Å². The molecule has 1 aromatic rings. The van der Waals surface area contributed by atoms with Crippen molar-refractivity contribution < 1.29 is 13.5 Å². The molecular weight excluding hydrogens is 237 g/mol. The molecule has 0 spiro atoms. The van der Waals surface area contributed by atoms with E-state index in [0.717, 1.165) is 26.0 Å². The topological polar surface area (TPSA) is 51.4 Å². The maximum absolute atomic E-state index is 13.3. The molecule has 5 nitrogen and oxygen atoms in total. The van der Waals surface area contributed by atoms with Crippen LogP contribution in [0.3, 0.4) is 0 Å². The number of rotatable bonds is 3. The van der Waals surface area contributed by atoms with E-state index in [1.165, 1.54) is 0 Å². The smallest absolute Gasteiger partial charge is 0.230 e. The predicted molar refractivity (Wildman–Crippen MR) is 61.9 cm³/mol. The summed E-state index contributed by atoms with van der Waals surface area (Å²) in [6.07, 6.45) is 1.80. The van der Waals surface area contributed by atoms with Crippen molar-refractivity contribution in [2.24, 2.45) is 0 Å². The molecule has 0 aromatic carbocycles. The molecule has 2 unspecified atom stereocenters. The number of ether oxygens (including phenoxy) is 1. The van der Waals surface area contributed by atoms with E-state index >= 15 is 0 Å². The van der Waals surface area contributed by atoms with Crippen molar-refractivity contribution in [3.63, 3.8) is 0 Å². The molecule has 1 aromatic heterocycles. The summed E-state index contributed by atoms with van der Waals surface area (Å²) in [5.74, 6) is 1.49. The summed E-state index contributed by atoms with van der Waals surface area (Å²) < 4.78 is 24.2. The average molecular weight is 255 g/mol. The van der Waals surface area contributed by atoms with Crippen molar-refractivity contribution >= 4 is 0 Å². The maximum Gasteiger partial charge on any atom is 0.230 e. The van der Waals surface area contributed by atoms with Crippen molar-refractivity contribution in [3.8, 4) is 0 Å². The van der Waals surface area contributed by atoms with E-state index in [1.807, 2.05) is 4.90 Å². The fourth-order valence-corrected chi connectivity index (χ4v) is 2.56. The van der Waals surface area contributed by atoms with Crippen LogP contribution in [-0.4, -0.2) is 47.6 Å². The Hall–Kier alpha value is -1.01. The third-order valence-corrected chi connectivity index (χ3v) is 3.57. The lowest BCUT2D eigenvalue weighted by Gasteiger charge is -2.27. The Balaban J connectivity index is 1.59. The van der Waals surface area contributed by atoms with E-state index in [-0.39, 0.29) is 5.92 Å². The Bertz CT molecular complexity index is 392.